The van der Waals surface area contributed by atoms with Crippen LogP contribution in [0.4, 0.5) is 4.39 Å². The SMILES string of the molecule is Fc1ccc(C2CO2)cc1Br. The highest BCUT2D eigenvalue weighted by Crippen LogP contribution is 2.31. The van der Waals surface area contributed by atoms with Crippen molar-refractivity contribution in [1.29, 1.82) is 0 Å². The molecular formula is C8H6BrFO. The molecule has 0 N–H and O–H groups in total. The van der Waals surface area contributed by atoms with Crippen LogP contribution in [0.5, 0.6) is 0 Å². The Morgan fingerprint density at radius 2 is 2.27 bits per heavy atom. The zero-order chi connectivity index (χ0) is 7.84. The second-order valence-electron chi connectivity index (χ2n) is 2.50. The van der Waals surface area contributed by atoms with Crippen LogP contribution in [-0.4, -0.2) is 6.61 Å². The number of hydrogen-bond donors (Lipinski definition) is 0. The van der Waals surface area contributed by atoms with Gasteiger partial charge in [0.05, 0.1) is 11.1 Å². The lowest BCUT2D eigenvalue weighted by Gasteiger charge is -1.96. The van der Waals surface area contributed by atoms with Gasteiger partial charge >= 0.3 is 0 Å². The van der Waals surface area contributed by atoms with Crippen LogP contribution in [0.25, 0.3) is 0 Å². The second-order valence-corrected chi connectivity index (χ2v) is 3.35. The minimum Gasteiger partial charge on any atom is -0.368 e. The van der Waals surface area contributed by atoms with Crippen molar-refractivity contribution in [3.8, 4) is 0 Å². The number of benzene rings is 1. The maximum Gasteiger partial charge on any atom is 0.137 e. The Bertz CT molecular complexity index is 283. The molecule has 3 heteroatoms. The van der Waals surface area contributed by atoms with Crippen LogP contribution in [0, 0.1) is 5.82 Å². The summed E-state index contributed by atoms with van der Waals surface area (Å²) < 4.78 is 18.2. The Morgan fingerprint density at radius 3 is 2.82 bits per heavy atom. The molecule has 0 aromatic heterocycles. The molecule has 1 nitrogen and oxygen atoms in total. The standard InChI is InChI=1S/C8H6BrFO/c9-6-3-5(8-4-11-8)1-2-7(6)10/h1-3,8H,4H2. The molecule has 0 bridgehead atoms. The van der Waals surface area contributed by atoms with Crippen LogP contribution >= 0.6 is 15.9 Å². The average Bonchev–Trinajstić information content (AvgIpc) is 2.77. The first-order chi connectivity index (χ1) is 5.27. The van der Waals surface area contributed by atoms with Gasteiger partial charge in [0, 0.05) is 0 Å². The van der Waals surface area contributed by atoms with Crippen LogP contribution in [0.15, 0.2) is 22.7 Å². The number of halogens is 2. The van der Waals surface area contributed by atoms with Gasteiger partial charge in [0.25, 0.3) is 0 Å². The Kier molecular flexibility index (Phi) is 1.69. The van der Waals surface area contributed by atoms with Gasteiger partial charge in [-0.15, -0.1) is 0 Å². The van der Waals surface area contributed by atoms with E-state index in [0.29, 0.717) is 4.47 Å². The highest BCUT2D eigenvalue weighted by molar-refractivity contribution is 9.10. The molecule has 1 aliphatic heterocycles. The van der Waals surface area contributed by atoms with Gasteiger partial charge < -0.3 is 4.74 Å². The third kappa shape index (κ3) is 1.44. The van der Waals surface area contributed by atoms with Gasteiger partial charge in [0.1, 0.15) is 11.9 Å². The molecule has 2 rings (SSSR count). The zero-order valence-electron chi connectivity index (χ0n) is 5.68. The monoisotopic (exact) mass is 216 g/mol. The zero-order valence-corrected chi connectivity index (χ0v) is 7.27. The van der Waals surface area contributed by atoms with Crippen molar-refractivity contribution in [2.45, 2.75) is 6.10 Å². The molecular weight excluding hydrogens is 211 g/mol. The summed E-state index contributed by atoms with van der Waals surface area (Å²) in [6, 6.07) is 4.95. The van der Waals surface area contributed by atoms with Gasteiger partial charge in [0.2, 0.25) is 0 Å². The maximum absolute atomic E-state index is 12.7. The number of ether oxygens (including phenoxy) is 1. The van der Waals surface area contributed by atoms with Gasteiger partial charge in [-0.1, -0.05) is 6.07 Å². The predicted molar refractivity (Wildman–Crippen MR) is 42.8 cm³/mol. The van der Waals surface area contributed by atoms with E-state index in [0.717, 1.165) is 12.2 Å². The van der Waals surface area contributed by atoms with Crippen LogP contribution in [0.3, 0.4) is 0 Å². The third-order valence-electron chi connectivity index (χ3n) is 1.65. The summed E-state index contributed by atoms with van der Waals surface area (Å²) >= 11 is 3.11. The van der Waals surface area contributed by atoms with Crippen LogP contribution in [0.1, 0.15) is 11.7 Å². The van der Waals surface area contributed by atoms with Crippen molar-refractivity contribution in [2.24, 2.45) is 0 Å². The van der Waals surface area contributed by atoms with E-state index in [-0.39, 0.29) is 11.9 Å². The van der Waals surface area contributed by atoms with Crippen molar-refractivity contribution in [3.63, 3.8) is 0 Å². The summed E-state index contributed by atoms with van der Waals surface area (Å²) in [6.45, 7) is 0.762. The summed E-state index contributed by atoms with van der Waals surface area (Å²) in [7, 11) is 0. The molecule has 11 heavy (non-hydrogen) atoms. The molecule has 0 amide bonds. The molecule has 1 aromatic carbocycles. The highest BCUT2D eigenvalue weighted by atomic mass is 79.9. The van der Waals surface area contributed by atoms with Crippen molar-refractivity contribution in [2.75, 3.05) is 6.61 Å². The average molecular weight is 217 g/mol. The molecule has 0 saturated carbocycles. The third-order valence-corrected chi connectivity index (χ3v) is 2.26. The smallest absolute Gasteiger partial charge is 0.137 e. The largest absolute Gasteiger partial charge is 0.368 e. The van der Waals surface area contributed by atoms with E-state index in [1.54, 1.807) is 12.1 Å². The fraction of sp³-hybridized carbons (Fsp3) is 0.250. The van der Waals surface area contributed by atoms with Gasteiger partial charge in [0.15, 0.2) is 0 Å². The molecule has 1 atom stereocenters. The number of hydrogen-bond acceptors (Lipinski definition) is 1. The van der Waals surface area contributed by atoms with Gasteiger partial charge in [-0.05, 0) is 33.6 Å². The van der Waals surface area contributed by atoms with Crippen molar-refractivity contribution < 1.29 is 9.13 Å². The minimum absolute atomic E-state index is 0.201. The normalized spacial score (nSPS) is 21.8. The topological polar surface area (TPSA) is 12.5 Å². The first kappa shape index (κ1) is 7.25. The van der Waals surface area contributed by atoms with E-state index in [1.165, 1.54) is 6.07 Å². The molecule has 0 spiro atoms. The lowest BCUT2D eigenvalue weighted by atomic mass is 10.2. The predicted octanol–water partition coefficient (Wildman–Crippen LogP) is 2.66. The van der Waals surface area contributed by atoms with Crippen LogP contribution < -0.4 is 0 Å². The van der Waals surface area contributed by atoms with Gasteiger partial charge in [-0.2, -0.15) is 0 Å². The lowest BCUT2D eigenvalue weighted by molar-refractivity contribution is 0.415. The Balaban J connectivity index is 2.36. The van der Waals surface area contributed by atoms with E-state index in [4.69, 9.17) is 4.74 Å². The summed E-state index contributed by atoms with van der Waals surface area (Å²) in [5.74, 6) is -0.227. The summed E-state index contributed by atoms with van der Waals surface area (Å²) in [5, 5.41) is 0. The molecule has 1 fully saturated rings. The van der Waals surface area contributed by atoms with E-state index in [1.807, 2.05) is 0 Å². The molecule has 1 aliphatic rings. The Hall–Kier alpha value is -0.410. The van der Waals surface area contributed by atoms with Gasteiger partial charge in [-0.3, -0.25) is 0 Å². The molecule has 1 aromatic rings. The first-order valence-corrected chi connectivity index (χ1v) is 4.13. The molecule has 1 heterocycles. The summed E-state index contributed by atoms with van der Waals surface area (Å²) in [5.41, 5.74) is 1.04. The van der Waals surface area contributed by atoms with Crippen molar-refractivity contribution >= 4 is 15.9 Å². The molecule has 1 saturated heterocycles. The fourth-order valence-electron chi connectivity index (χ4n) is 0.953. The Labute approximate surface area is 72.3 Å². The van der Waals surface area contributed by atoms with E-state index in [9.17, 15) is 4.39 Å². The molecule has 1 unspecified atom stereocenters. The summed E-state index contributed by atoms with van der Waals surface area (Å²) in [6.07, 6.45) is 0.201. The molecule has 0 aliphatic carbocycles. The number of rotatable bonds is 1. The second kappa shape index (κ2) is 2.57. The summed E-state index contributed by atoms with van der Waals surface area (Å²) in [4.78, 5) is 0. The molecule has 0 radical (unpaired) electrons. The van der Waals surface area contributed by atoms with Crippen LogP contribution in [-0.2, 0) is 4.74 Å². The van der Waals surface area contributed by atoms with Crippen LogP contribution in [0.2, 0.25) is 0 Å². The van der Waals surface area contributed by atoms with E-state index in [2.05, 4.69) is 15.9 Å². The first-order valence-electron chi connectivity index (χ1n) is 3.34. The maximum atomic E-state index is 12.7. The van der Waals surface area contributed by atoms with E-state index >= 15 is 0 Å². The fourth-order valence-corrected chi connectivity index (χ4v) is 1.35. The quantitative estimate of drug-likeness (QED) is 0.658. The van der Waals surface area contributed by atoms with Gasteiger partial charge in [-0.25, -0.2) is 4.39 Å². The lowest BCUT2D eigenvalue weighted by Crippen LogP contribution is -1.82. The van der Waals surface area contributed by atoms with Crippen molar-refractivity contribution in [1.82, 2.24) is 0 Å². The number of epoxide rings is 1. The van der Waals surface area contributed by atoms with Crippen molar-refractivity contribution in [3.05, 3.63) is 34.1 Å². The molecule has 58 valence electrons. The minimum atomic E-state index is -0.227. The van der Waals surface area contributed by atoms with E-state index < -0.39 is 0 Å². The Morgan fingerprint density at radius 1 is 1.55 bits per heavy atom. The highest BCUT2D eigenvalue weighted by Gasteiger charge is 2.24.